The van der Waals surface area contributed by atoms with E-state index in [4.69, 9.17) is 11.6 Å². The first kappa shape index (κ1) is 14.6. The number of hydrogen-bond donors (Lipinski definition) is 1. The molecule has 0 aliphatic carbocycles. The lowest BCUT2D eigenvalue weighted by Crippen LogP contribution is -2.14. The van der Waals surface area contributed by atoms with Gasteiger partial charge in [0.2, 0.25) is 0 Å². The Balaban J connectivity index is 2.30. The Kier molecular flexibility index (Phi) is 4.13. The largest absolute Gasteiger partial charge is 0.418 e. The molecule has 0 spiro atoms. The van der Waals surface area contributed by atoms with Gasteiger partial charge in [-0.2, -0.15) is 13.2 Å². The van der Waals surface area contributed by atoms with Gasteiger partial charge in [0.25, 0.3) is 0 Å². The molecule has 0 fully saturated rings. The molecule has 0 saturated heterocycles. The zero-order chi connectivity index (χ0) is 14.8. The molecule has 7 heteroatoms. The molecule has 1 N–H and O–H groups in total. The van der Waals surface area contributed by atoms with Crippen molar-refractivity contribution in [3.63, 3.8) is 0 Å². The molecule has 1 heterocycles. The fourth-order valence-electron chi connectivity index (χ4n) is 1.72. The van der Waals surface area contributed by atoms with Crippen molar-refractivity contribution in [2.45, 2.75) is 19.1 Å². The van der Waals surface area contributed by atoms with Crippen LogP contribution in [0.4, 0.5) is 18.9 Å². The van der Waals surface area contributed by atoms with Crippen molar-refractivity contribution in [3.8, 4) is 0 Å². The van der Waals surface area contributed by atoms with Crippen molar-refractivity contribution in [1.82, 2.24) is 9.97 Å². The smallest absolute Gasteiger partial charge is 0.376 e. The Morgan fingerprint density at radius 1 is 1.25 bits per heavy atom. The number of anilines is 1. The molecule has 1 unspecified atom stereocenters. The summed E-state index contributed by atoms with van der Waals surface area (Å²) < 4.78 is 38.9. The summed E-state index contributed by atoms with van der Waals surface area (Å²) >= 11 is 5.63. The van der Waals surface area contributed by atoms with Crippen LogP contribution in [-0.2, 0) is 6.18 Å². The number of alkyl halides is 3. The molecule has 0 aliphatic heterocycles. The van der Waals surface area contributed by atoms with E-state index in [1.165, 1.54) is 30.7 Å². The van der Waals surface area contributed by atoms with E-state index < -0.39 is 17.8 Å². The Bertz CT molecular complexity index is 587. The standard InChI is InChI=1S/C13H11ClF3N3/c1-8(12-7-18-4-5-19-12)20-11-3-2-9(14)6-10(11)13(15,16)17/h2-8,20H,1H3. The molecule has 0 saturated carbocycles. The second kappa shape index (κ2) is 5.66. The first-order valence-corrected chi connectivity index (χ1v) is 6.15. The third kappa shape index (κ3) is 3.39. The average molecular weight is 302 g/mol. The normalized spacial score (nSPS) is 13.1. The van der Waals surface area contributed by atoms with Crippen LogP contribution in [0.25, 0.3) is 0 Å². The average Bonchev–Trinajstić information content (AvgIpc) is 2.40. The van der Waals surface area contributed by atoms with Crippen LogP contribution < -0.4 is 5.32 Å². The van der Waals surface area contributed by atoms with Gasteiger partial charge in [-0.25, -0.2) is 0 Å². The van der Waals surface area contributed by atoms with Crippen LogP contribution in [0.1, 0.15) is 24.2 Å². The minimum Gasteiger partial charge on any atom is -0.376 e. The Hall–Kier alpha value is -1.82. The molecule has 1 aromatic heterocycles. The second-order valence-electron chi connectivity index (χ2n) is 4.18. The van der Waals surface area contributed by atoms with Crippen LogP contribution in [-0.4, -0.2) is 9.97 Å². The zero-order valence-corrected chi connectivity index (χ0v) is 11.2. The van der Waals surface area contributed by atoms with Gasteiger partial charge in [-0.3, -0.25) is 9.97 Å². The Morgan fingerprint density at radius 2 is 2.00 bits per heavy atom. The van der Waals surface area contributed by atoms with Gasteiger partial charge in [0.1, 0.15) is 0 Å². The summed E-state index contributed by atoms with van der Waals surface area (Å²) in [4.78, 5) is 7.94. The van der Waals surface area contributed by atoms with Crippen LogP contribution in [0.15, 0.2) is 36.8 Å². The Morgan fingerprint density at radius 3 is 2.60 bits per heavy atom. The lowest BCUT2D eigenvalue weighted by molar-refractivity contribution is -0.137. The van der Waals surface area contributed by atoms with E-state index in [0.29, 0.717) is 5.69 Å². The predicted molar refractivity (Wildman–Crippen MR) is 70.5 cm³/mol. The van der Waals surface area contributed by atoms with Gasteiger partial charge < -0.3 is 5.32 Å². The van der Waals surface area contributed by atoms with Gasteiger partial charge in [-0.05, 0) is 25.1 Å². The summed E-state index contributed by atoms with van der Waals surface area (Å²) in [5, 5.41) is 2.82. The van der Waals surface area contributed by atoms with Crippen LogP contribution >= 0.6 is 11.6 Å². The first-order valence-electron chi connectivity index (χ1n) is 5.77. The first-order chi connectivity index (χ1) is 9.38. The molecule has 0 aliphatic rings. The van der Waals surface area contributed by atoms with E-state index in [0.717, 1.165) is 6.07 Å². The highest BCUT2D eigenvalue weighted by molar-refractivity contribution is 6.30. The zero-order valence-electron chi connectivity index (χ0n) is 10.4. The molecule has 0 amide bonds. The fraction of sp³-hybridized carbons (Fsp3) is 0.231. The van der Waals surface area contributed by atoms with Crippen molar-refractivity contribution in [3.05, 3.63) is 53.1 Å². The lowest BCUT2D eigenvalue weighted by atomic mass is 10.1. The van der Waals surface area contributed by atoms with Gasteiger partial charge in [0.05, 0.1) is 23.5 Å². The number of halogens is 4. The molecule has 3 nitrogen and oxygen atoms in total. The molecule has 20 heavy (non-hydrogen) atoms. The lowest BCUT2D eigenvalue weighted by Gasteiger charge is -2.19. The van der Waals surface area contributed by atoms with Gasteiger partial charge in [-0.1, -0.05) is 11.6 Å². The van der Waals surface area contributed by atoms with Crippen LogP contribution in [0.3, 0.4) is 0 Å². The summed E-state index contributed by atoms with van der Waals surface area (Å²) in [6.07, 6.45) is 0.00979. The maximum absolute atomic E-state index is 13.0. The Labute approximate surface area is 118 Å². The highest BCUT2D eigenvalue weighted by Gasteiger charge is 2.34. The predicted octanol–water partition coefficient (Wildman–Crippen LogP) is 4.32. The number of rotatable bonds is 3. The van der Waals surface area contributed by atoms with E-state index in [1.807, 2.05) is 0 Å². The quantitative estimate of drug-likeness (QED) is 0.917. The van der Waals surface area contributed by atoms with Crippen molar-refractivity contribution < 1.29 is 13.2 Å². The van der Waals surface area contributed by atoms with Crippen molar-refractivity contribution in [2.24, 2.45) is 0 Å². The molecule has 2 rings (SSSR count). The van der Waals surface area contributed by atoms with E-state index in [9.17, 15) is 13.2 Å². The molecule has 106 valence electrons. The highest BCUT2D eigenvalue weighted by Crippen LogP contribution is 2.37. The maximum Gasteiger partial charge on any atom is 0.418 e. The number of aromatic nitrogens is 2. The van der Waals surface area contributed by atoms with Crippen LogP contribution in [0.2, 0.25) is 5.02 Å². The third-order valence-electron chi connectivity index (χ3n) is 2.69. The van der Waals surface area contributed by atoms with Gasteiger partial charge in [-0.15, -0.1) is 0 Å². The molecule has 2 aromatic rings. The SMILES string of the molecule is CC(Nc1ccc(Cl)cc1C(F)(F)F)c1cnccn1. The number of benzene rings is 1. The molecule has 0 bridgehead atoms. The molecule has 1 atom stereocenters. The van der Waals surface area contributed by atoms with Crippen LogP contribution in [0, 0.1) is 0 Å². The van der Waals surface area contributed by atoms with Gasteiger partial charge in [0.15, 0.2) is 0 Å². The summed E-state index contributed by atoms with van der Waals surface area (Å²) in [6.45, 7) is 1.71. The van der Waals surface area contributed by atoms with E-state index in [2.05, 4.69) is 15.3 Å². The van der Waals surface area contributed by atoms with Crippen molar-refractivity contribution in [1.29, 1.82) is 0 Å². The van der Waals surface area contributed by atoms with Crippen LogP contribution in [0.5, 0.6) is 0 Å². The summed E-state index contributed by atoms with van der Waals surface area (Å²) in [7, 11) is 0. The topological polar surface area (TPSA) is 37.8 Å². The highest BCUT2D eigenvalue weighted by atomic mass is 35.5. The fourth-order valence-corrected chi connectivity index (χ4v) is 1.89. The minimum atomic E-state index is -4.48. The maximum atomic E-state index is 13.0. The minimum absolute atomic E-state index is 0.0371. The third-order valence-corrected chi connectivity index (χ3v) is 2.92. The van der Waals surface area contributed by atoms with E-state index in [1.54, 1.807) is 6.92 Å². The molecule has 1 aromatic carbocycles. The van der Waals surface area contributed by atoms with E-state index in [-0.39, 0.29) is 10.7 Å². The van der Waals surface area contributed by atoms with E-state index >= 15 is 0 Å². The molecular formula is C13H11ClF3N3. The number of hydrogen-bond acceptors (Lipinski definition) is 3. The second-order valence-corrected chi connectivity index (χ2v) is 4.62. The molecular weight excluding hydrogens is 291 g/mol. The summed E-state index contributed by atoms with van der Waals surface area (Å²) in [5.41, 5.74) is -0.295. The van der Waals surface area contributed by atoms with Gasteiger partial charge >= 0.3 is 6.18 Å². The van der Waals surface area contributed by atoms with Gasteiger partial charge in [0, 0.05) is 23.1 Å². The van der Waals surface area contributed by atoms with Crippen molar-refractivity contribution in [2.75, 3.05) is 5.32 Å². The summed E-state index contributed by atoms with van der Waals surface area (Å²) in [5.74, 6) is 0. The van der Waals surface area contributed by atoms with Crippen molar-refractivity contribution >= 4 is 17.3 Å². The summed E-state index contributed by atoms with van der Waals surface area (Å²) in [6, 6.07) is 3.19. The number of nitrogens with zero attached hydrogens (tertiary/aromatic N) is 2. The monoisotopic (exact) mass is 301 g/mol. The molecule has 0 radical (unpaired) electrons. The number of nitrogens with one attached hydrogen (secondary N) is 1.